The second-order valence-electron chi connectivity index (χ2n) is 6.35. The van der Waals surface area contributed by atoms with Crippen molar-refractivity contribution in [2.24, 2.45) is 0 Å². The molecule has 0 bridgehead atoms. The second-order valence-corrected chi connectivity index (χ2v) is 6.35. The molecule has 0 aromatic heterocycles. The van der Waals surface area contributed by atoms with Crippen LogP contribution in [0, 0.1) is 0 Å². The normalized spacial score (nSPS) is 12.2. The summed E-state index contributed by atoms with van der Waals surface area (Å²) in [5.41, 5.74) is 1.87. The first-order valence-corrected chi connectivity index (χ1v) is 9.43. The van der Waals surface area contributed by atoms with Crippen LogP contribution >= 0.6 is 0 Å². The van der Waals surface area contributed by atoms with Crippen molar-refractivity contribution in [1.82, 2.24) is 5.32 Å². The van der Waals surface area contributed by atoms with Crippen molar-refractivity contribution >= 4 is 17.6 Å². The van der Waals surface area contributed by atoms with Gasteiger partial charge in [0.05, 0.1) is 12.2 Å². The molecule has 1 amide bonds. The van der Waals surface area contributed by atoms with Crippen LogP contribution in [0.1, 0.15) is 15.9 Å². The van der Waals surface area contributed by atoms with Crippen molar-refractivity contribution in [1.29, 1.82) is 0 Å². The Kier molecular flexibility index (Phi) is 7.29. The van der Waals surface area contributed by atoms with Crippen LogP contribution in [0.2, 0.25) is 0 Å². The Balaban J connectivity index is 1.43. The highest BCUT2D eigenvalue weighted by Crippen LogP contribution is 2.30. The fraction of sp³-hybridized carbons (Fsp3) is 0.333. The Labute approximate surface area is 168 Å². The first-order valence-electron chi connectivity index (χ1n) is 9.43. The monoisotopic (exact) mass is 400 g/mol. The quantitative estimate of drug-likeness (QED) is 0.546. The van der Waals surface area contributed by atoms with E-state index in [4.69, 9.17) is 19.3 Å². The van der Waals surface area contributed by atoms with Crippen molar-refractivity contribution in [3.63, 3.8) is 0 Å². The minimum atomic E-state index is -0.604. The lowest BCUT2D eigenvalue weighted by molar-refractivity contribution is -0.124. The maximum absolute atomic E-state index is 12.2. The molecule has 0 atom stereocenters. The minimum Gasteiger partial charge on any atom is -0.486 e. The molecule has 0 aliphatic carbocycles. The van der Waals surface area contributed by atoms with Crippen molar-refractivity contribution in [2.75, 3.05) is 44.8 Å². The van der Waals surface area contributed by atoms with Crippen molar-refractivity contribution in [3.8, 4) is 11.5 Å². The second kappa shape index (κ2) is 10.3. The van der Waals surface area contributed by atoms with E-state index in [1.54, 1.807) is 24.3 Å². The predicted molar refractivity (Wildman–Crippen MR) is 106 cm³/mol. The summed E-state index contributed by atoms with van der Waals surface area (Å²) in [6.45, 7) is 1.36. The van der Waals surface area contributed by atoms with Crippen LogP contribution in [0.5, 0.6) is 11.5 Å². The molecule has 1 heterocycles. The van der Waals surface area contributed by atoms with Crippen LogP contribution in [-0.4, -0.2) is 56.5 Å². The summed E-state index contributed by atoms with van der Waals surface area (Å²) < 4.78 is 16.1. The maximum atomic E-state index is 12.2. The number of aliphatic hydroxyl groups is 1. The number of esters is 1. The van der Waals surface area contributed by atoms with E-state index in [-0.39, 0.29) is 19.1 Å². The van der Waals surface area contributed by atoms with E-state index in [0.717, 1.165) is 11.3 Å². The number of ether oxygens (including phenoxy) is 3. The Morgan fingerprint density at radius 3 is 2.66 bits per heavy atom. The Bertz CT molecular complexity index is 855. The number of carbonyl (C=O) groups is 2. The molecule has 1 aliphatic rings. The smallest absolute Gasteiger partial charge is 0.340 e. The third-order valence-corrected chi connectivity index (χ3v) is 4.25. The summed E-state index contributed by atoms with van der Waals surface area (Å²) >= 11 is 0. The fourth-order valence-corrected chi connectivity index (χ4v) is 2.86. The highest BCUT2D eigenvalue weighted by Gasteiger charge is 2.14. The molecule has 29 heavy (non-hydrogen) atoms. The number of para-hydroxylation sites is 1. The van der Waals surface area contributed by atoms with Crippen LogP contribution < -0.4 is 20.1 Å². The first-order chi connectivity index (χ1) is 14.2. The molecule has 2 aromatic carbocycles. The average Bonchev–Trinajstić information content (AvgIpc) is 2.76. The standard InChI is InChI=1S/C21H24N2O6/c24-10-9-22-17-4-2-1-3-16(17)21(26)29-14-20(25)23-8-7-15-5-6-18-19(13-15)28-12-11-27-18/h1-6,13,22,24H,7-12,14H2,(H,23,25). The third-order valence-electron chi connectivity index (χ3n) is 4.25. The van der Waals surface area contributed by atoms with Gasteiger partial charge in [0.25, 0.3) is 5.91 Å². The molecule has 154 valence electrons. The van der Waals surface area contributed by atoms with Gasteiger partial charge in [0, 0.05) is 18.8 Å². The summed E-state index contributed by atoms with van der Waals surface area (Å²) in [5.74, 6) is 0.455. The van der Waals surface area contributed by atoms with Gasteiger partial charge in [0.15, 0.2) is 18.1 Å². The summed E-state index contributed by atoms with van der Waals surface area (Å²) in [5, 5.41) is 14.6. The van der Waals surface area contributed by atoms with Gasteiger partial charge in [0.1, 0.15) is 13.2 Å². The summed E-state index contributed by atoms with van der Waals surface area (Å²) in [7, 11) is 0. The van der Waals surface area contributed by atoms with E-state index in [9.17, 15) is 9.59 Å². The molecule has 3 rings (SSSR count). The van der Waals surface area contributed by atoms with E-state index in [0.29, 0.717) is 49.7 Å². The number of aliphatic hydroxyl groups excluding tert-OH is 1. The van der Waals surface area contributed by atoms with E-state index < -0.39 is 5.97 Å². The highest BCUT2D eigenvalue weighted by atomic mass is 16.6. The molecule has 0 saturated carbocycles. The molecule has 8 heteroatoms. The number of benzene rings is 2. The Hall–Kier alpha value is -3.26. The van der Waals surface area contributed by atoms with E-state index in [1.165, 1.54) is 0 Å². The number of nitrogens with one attached hydrogen (secondary N) is 2. The number of hydrogen-bond acceptors (Lipinski definition) is 7. The maximum Gasteiger partial charge on any atom is 0.340 e. The van der Waals surface area contributed by atoms with Crippen LogP contribution in [0.25, 0.3) is 0 Å². The van der Waals surface area contributed by atoms with E-state index >= 15 is 0 Å². The van der Waals surface area contributed by atoms with Gasteiger partial charge < -0.3 is 30.0 Å². The number of fused-ring (bicyclic) bond motifs is 1. The molecule has 8 nitrogen and oxygen atoms in total. The van der Waals surface area contributed by atoms with Gasteiger partial charge in [-0.2, -0.15) is 0 Å². The summed E-state index contributed by atoms with van der Waals surface area (Å²) in [4.78, 5) is 24.2. The van der Waals surface area contributed by atoms with Gasteiger partial charge in [-0.1, -0.05) is 18.2 Å². The zero-order valence-electron chi connectivity index (χ0n) is 16.0. The number of carbonyl (C=O) groups excluding carboxylic acids is 2. The molecule has 0 unspecified atom stereocenters. The molecular formula is C21H24N2O6. The molecular weight excluding hydrogens is 376 g/mol. The van der Waals surface area contributed by atoms with Gasteiger partial charge in [-0.05, 0) is 36.2 Å². The largest absolute Gasteiger partial charge is 0.486 e. The molecule has 1 aliphatic heterocycles. The Morgan fingerprint density at radius 2 is 1.83 bits per heavy atom. The molecule has 0 spiro atoms. The lowest BCUT2D eigenvalue weighted by atomic mass is 10.1. The van der Waals surface area contributed by atoms with Crippen molar-refractivity contribution in [3.05, 3.63) is 53.6 Å². The molecule has 3 N–H and O–H groups in total. The number of rotatable bonds is 9. The van der Waals surface area contributed by atoms with Crippen LogP contribution in [0.3, 0.4) is 0 Å². The molecule has 0 saturated heterocycles. The zero-order valence-corrected chi connectivity index (χ0v) is 16.0. The van der Waals surface area contributed by atoms with E-state index in [1.807, 2.05) is 18.2 Å². The molecule has 0 fully saturated rings. The molecule has 0 radical (unpaired) electrons. The summed E-state index contributed by atoms with van der Waals surface area (Å²) in [6.07, 6.45) is 0.615. The van der Waals surface area contributed by atoms with Crippen molar-refractivity contribution in [2.45, 2.75) is 6.42 Å². The number of amides is 1. The average molecular weight is 400 g/mol. The highest BCUT2D eigenvalue weighted by molar-refractivity contribution is 5.96. The van der Waals surface area contributed by atoms with E-state index in [2.05, 4.69) is 10.6 Å². The minimum absolute atomic E-state index is 0.0604. The van der Waals surface area contributed by atoms with Gasteiger partial charge in [-0.15, -0.1) is 0 Å². The number of anilines is 1. The summed E-state index contributed by atoms with van der Waals surface area (Å²) in [6, 6.07) is 12.5. The van der Waals surface area contributed by atoms with Crippen LogP contribution in [0.15, 0.2) is 42.5 Å². The predicted octanol–water partition coefficient (Wildman–Crippen LogP) is 1.38. The van der Waals surface area contributed by atoms with Gasteiger partial charge >= 0.3 is 5.97 Å². The van der Waals surface area contributed by atoms with Gasteiger partial charge in [-0.3, -0.25) is 4.79 Å². The topological polar surface area (TPSA) is 106 Å². The first kappa shape index (κ1) is 20.5. The van der Waals surface area contributed by atoms with Crippen LogP contribution in [0.4, 0.5) is 5.69 Å². The van der Waals surface area contributed by atoms with Gasteiger partial charge in [0.2, 0.25) is 0 Å². The third kappa shape index (κ3) is 5.86. The SMILES string of the molecule is O=C(COC(=O)c1ccccc1NCCO)NCCc1ccc2c(c1)OCCO2. The number of hydrogen-bond donors (Lipinski definition) is 3. The fourth-order valence-electron chi connectivity index (χ4n) is 2.86. The van der Waals surface area contributed by atoms with Crippen LogP contribution in [-0.2, 0) is 16.0 Å². The zero-order chi connectivity index (χ0) is 20.5. The molecule has 2 aromatic rings. The lowest BCUT2D eigenvalue weighted by Crippen LogP contribution is -2.30. The Morgan fingerprint density at radius 1 is 1.03 bits per heavy atom. The lowest BCUT2D eigenvalue weighted by Gasteiger charge is -2.18. The van der Waals surface area contributed by atoms with Crippen molar-refractivity contribution < 1.29 is 28.9 Å². The van der Waals surface area contributed by atoms with Gasteiger partial charge in [-0.25, -0.2) is 4.79 Å².